The van der Waals surface area contributed by atoms with Gasteiger partial charge in [0.1, 0.15) is 5.82 Å². The number of carbonyl (C=O) groups is 2. The number of rotatable bonds is 2. The second-order valence-electron chi connectivity index (χ2n) is 6.85. The Hall–Kier alpha value is -1.88. The van der Waals surface area contributed by atoms with Crippen LogP contribution in [-0.2, 0) is 9.59 Å². The summed E-state index contributed by atoms with van der Waals surface area (Å²) in [7, 11) is 0. The predicted molar refractivity (Wildman–Crippen MR) is 87.8 cm³/mol. The Morgan fingerprint density at radius 3 is 2.79 bits per heavy atom. The largest absolute Gasteiger partial charge is 0.477 e. The van der Waals surface area contributed by atoms with Crippen molar-refractivity contribution in [2.24, 2.45) is 11.8 Å². The maximum atomic E-state index is 14.7. The molecule has 1 amide bonds. The molecule has 3 unspecified atom stereocenters. The van der Waals surface area contributed by atoms with Gasteiger partial charge in [0.25, 0.3) is 5.91 Å². The molecule has 4 nitrogen and oxygen atoms in total. The molecule has 1 aliphatic heterocycles. The van der Waals surface area contributed by atoms with Gasteiger partial charge in [-0.2, -0.15) is 0 Å². The van der Waals surface area contributed by atoms with Gasteiger partial charge in [0, 0.05) is 11.5 Å². The number of halogens is 2. The Kier molecular flexibility index (Phi) is 3.64. The van der Waals surface area contributed by atoms with Crippen molar-refractivity contribution in [3.63, 3.8) is 0 Å². The number of ketones is 1. The van der Waals surface area contributed by atoms with Gasteiger partial charge >= 0.3 is 0 Å². The standard InChI is InChI=1S/C18H17ClFNO3/c1-8-2-5-13(22)10(6-8)14-12(20)7-11(19)17-15(14)21-18(23)16(24-17)9-3-4-9/h2,5,7-10,16H,3-4,6H2,1H3,(H,21,23). The highest BCUT2D eigenvalue weighted by Crippen LogP contribution is 2.48. The summed E-state index contributed by atoms with van der Waals surface area (Å²) in [5.74, 6) is -1.08. The average Bonchev–Trinajstić information content (AvgIpc) is 3.35. The highest BCUT2D eigenvalue weighted by Gasteiger charge is 2.43. The number of nitrogens with one attached hydrogen (secondary N) is 1. The molecule has 2 aliphatic carbocycles. The molecule has 3 aliphatic rings. The number of ether oxygens (including phenoxy) is 1. The topological polar surface area (TPSA) is 55.4 Å². The molecule has 1 aromatic carbocycles. The molecule has 6 heteroatoms. The van der Waals surface area contributed by atoms with E-state index in [4.69, 9.17) is 16.3 Å². The van der Waals surface area contributed by atoms with E-state index in [-0.39, 0.29) is 45.5 Å². The van der Waals surface area contributed by atoms with Gasteiger partial charge in [-0.1, -0.05) is 24.6 Å². The number of hydrogen-bond donors (Lipinski definition) is 1. The number of allylic oxidation sites excluding steroid dienone is 2. The van der Waals surface area contributed by atoms with Gasteiger partial charge in [-0.15, -0.1) is 0 Å². The van der Waals surface area contributed by atoms with E-state index in [1.54, 1.807) is 0 Å². The van der Waals surface area contributed by atoms with Gasteiger partial charge in [0.15, 0.2) is 17.6 Å². The fraction of sp³-hybridized carbons (Fsp3) is 0.444. The smallest absolute Gasteiger partial charge is 0.265 e. The molecule has 0 saturated heterocycles. The zero-order chi connectivity index (χ0) is 17.0. The van der Waals surface area contributed by atoms with Gasteiger partial charge in [-0.05, 0) is 37.3 Å². The second-order valence-corrected chi connectivity index (χ2v) is 7.26. The van der Waals surface area contributed by atoms with E-state index in [1.165, 1.54) is 12.1 Å². The van der Waals surface area contributed by atoms with E-state index >= 15 is 0 Å². The third-order valence-corrected chi connectivity index (χ3v) is 5.19. The van der Waals surface area contributed by atoms with Gasteiger partial charge in [0.2, 0.25) is 0 Å². The molecule has 1 heterocycles. The first kappa shape index (κ1) is 15.6. The van der Waals surface area contributed by atoms with E-state index < -0.39 is 17.8 Å². The van der Waals surface area contributed by atoms with Crippen LogP contribution < -0.4 is 10.1 Å². The molecule has 0 bridgehead atoms. The monoisotopic (exact) mass is 349 g/mol. The fourth-order valence-electron chi connectivity index (χ4n) is 3.48. The molecule has 3 atom stereocenters. The number of fused-ring (bicyclic) bond motifs is 1. The molecule has 4 rings (SSSR count). The minimum absolute atomic E-state index is 0.115. The Morgan fingerprint density at radius 1 is 1.33 bits per heavy atom. The van der Waals surface area contributed by atoms with Crippen molar-refractivity contribution in [3.05, 3.63) is 34.6 Å². The zero-order valence-corrected chi connectivity index (χ0v) is 13.9. The molecule has 1 fully saturated rings. The average molecular weight is 350 g/mol. The summed E-state index contributed by atoms with van der Waals surface area (Å²) in [4.78, 5) is 24.6. The van der Waals surface area contributed by atoms with Crippen LogP contribution in [0.2, 0.25) is 5.02 Å². The third kappa shape index (κ3) is 2.51. The summed E-state index contributed by atoms with van der Waals surface area (Å²) in [6.45, 7) is 1.97. The van der Waals surface area contributed by atoms with E-state index in [0.29, 0.717) is 6.42 Å². The van der Waals surface area contributed by atoms with Crippen LogP contribution in [0, 0.1) is 17.7 Å². The first-order valence-corrected chi connectivity index (χ1v) is 8.55. The molecule has 24 heavy (non-hydrogen) atoms. The van der Waals surface area contributed by atoms with Crippen LogP contribution in [0.1, 0.15) is 37.7 Å². The number of amides is 1. The molecule has 1 aromatic rings. The molecular weight excluding hydrogens is 333 g/mol. The second kappa shape index (κ2) is 5.59. The molecule has 0 aromatic heterocycles. The first-order chi connectivity index (χ1) is 11.5. The third-order valence-electron chi connectivity index (χ3n) is 4.91. The number of anilines is 1. The summed E-state index contributed by atoms with van der Waals surface area (Å²) in [5, 5.41) is 2.86. The van der Waals surface area contributed by atoms with Crippen molar-refractivity contribution in [3.8, 4) is 5.75 Å². The van der Waals surface area contributed by atoms with Crippen LogP contribution in [-0.4, -0.2) is 17.8 Å². The van der Waals surface area contributed by atoms with Gasteiger partial charge in [-0.3, -0.25) is 9.59 Å². The van der Waals surface area contributed by atoms with Crippen LogP contribution in [0.4, 0.5) is 10.1 Å². The van der Waals surface area contributed by atoms with Crippen molar-refractivity contribution in [2.75, 3.05) is 5.32 Å². The Balaban J connectivity index is 1.81. The lowest BCUT2D eigenvalue weighted by Crippen LogP contribution is -2.39. The molecular formula is C18H17ClFNO3. The number of carbonyl (C=O) groups excluding carboxylic acids is 2. The highest BCUT2D eigenvalue weighted by atomic mass is 35.5. The number of benzene rings is 1. The van der Waals surface area contributed by atoms with Gasteiger partial charge < -0.3 is 10.1 Å². The molecule has 1 N–H and O–H groups in total. The summed E-state index contributed by atoms with van der Waals surface area (Å²) < 4.78 is 20.5. The van der Waals surface area contributed by atoms with Crippen molar-refractivity contribution in [2.45, 2.75) is 38.2 Å². The zero-order valence-electron chi connectivity index (χ0n) is 13.1. The normalized spacial score (nSPS) is 29.0. The van der Waals surface area contributed by atoms with Crippen LogP contribution in [0.15, 0.2) is 18.2 Å². The SMILES string of the molecule is CC1C=CC(=O)C(c2c(F)cc(Cl)c3c2NC(=O)C(C2CC2)O3)C1. The van der Waals surface area contributed by atoms with Crippen LogP contribution >= 0.6 is 11.6 Å². The number of hydrogen-bond acceptors (Lipinski definition) is 3. The van der Waals surface area contributed by atoms with Crippen LogP contribution in [0.3, 0.4) is 0 Å². The van der Waals surface area contributed by atoms with Crippen LogP contribution in [0.25, 0.3) is 0 Å². The Labute approximate surface area is 144 Å². The molecule has 1 saturated carbocycles. The molecule has 0 spiro atoms. The molecule has 0 radical (unpaired) electrons. The quantitative estimate of drug-likeness (QED) is 0.882. The Morgan fingerprint density at radius 2 is 2.08 bits per heavy atom. The lowest BCUT2D eigenvalue weighted by Gasteiger charge is -2.31. The van der Waals surface area contributed by atoms with Gasteiger partial charge in [0.05, 0.1) is 16.6 Å². The van der Waals surface area contributed by atoms with E-state index in [2.05, 4.69) is 5.32 Å². The first-order valence-electron chi connectivity index (χ1n) is 8.17. The fourth-order valence-corrected chi connectivity index (χ4v) is 3.72. The van der Waals surface area contributed by atoms with E-state index in [1.807, 2.05) is 13.0 Å². The lowest BCUT2D eigenvalue weighted by molar-refractivity contribution is -0.124. The van der Waals surface area contributed by atoms with Crippen molar-refractivity contribution in [1.82, 2.24) is 0 Å². The summed E-state index contributed by atoms with van der Waals surface area (Å²) in [6.07, 6.45) is 5.07. The van der Waals surface area contributed by atoms with E-state index in [0.717, 1.165) is 12.8 Å². The Bertz CT molecular complexity index is 772. The predicted octanol–water partition coefficient (Wildman–Crippen LogP) is 3.84. The summed E-state index contributed by atoms with van der Waals surface area (Å²) >= 11 is 6.15. The maximum Gasteiger partial charge on any atom is 0.265 e. The van der Waals surface area contributed by atoms with Gasteiger partial charge in [-0.25, -0.2) is 4.39 Å². The minimum Gasteiger partial charge on any atom is -0.477 e. The lowest BCUT2D eigenvalue weighted by atomic mass is 9.81. The van der Waals surface area contributed by atoms with Crippen LogP contribution in [0.5, 0.6) is 5.75 Å². The van der Waals surface area contributed by atoms with Crippen molar-refractivity contribution in [1.29, 1.82) is 0 Å². The highest BCUT2D eigenvalue weighted by molar-refractivity contribution is 6.33. The molecule has 126 valence electrons. The summed E-state index contributed by atoms with van der Waals surface area (Å²) in [6, 6.07) is 1.17. The summed E-state index contributed by atoms with van der Waals surface area (Å²) in [5.41, 5.74) is 0.390. The van der Waals surface area contributed by atoms with E-state index in [9.17, 15) is 14.0 Å². The minimum atomic E-state index is -0.641. The van der Waals surface area contributed by atoms with Crippen molar-refractivity contribution < 1.29 is 18.7 Å². The van der Waals surface area contributed by atoms with Crippen molar-refractivity contribution >= 4 is 29.0 Å². The maximum absolute atomic E-state index is 14.7.